The van der Waals surface area contributed by atoms with E-state index in [1.54, 1.807) is 6.92 Å². The minimum atomic E-state index is -0.661. The fraction of sp³-hybridized carbons (Fsp3) is 1.00. The van der Waals surface area contributed by atoms with Crippen molar-refractivity contribution in [2.24, 2.45) is 11.3 Å². The minimum Gasteiger partial charge on any atom is -0.248 e. The first kappa shape index (κ1) is 14.9. The van der Waals surface area contributed by atoms with Crippen LogP contribution in [0.25, 0.3) is 0 Å². The highest BCUT2D eigenvalue weighted by Crippen LogP contribution is 2.32. The Labute approximate surface area is 95.6 Å². The number of hydrogen-bond acceptors (Lipinski definition) is 0. The maximum atomic E-state index is 13.0. The third-order valence-electron chi connectivity index (χ3n) is 3.34. The first-order chi connectivity index (χ1) is 6.91. The van der Waals surface area contributed by atoms with Crippen molar-refractivity contribution in [3.05, 3.63) is 0 Å². The van der Waals surface area contributed by atoms with E-state index in [9.17, 15) is 4.39 Å². The molecule has 0 nitrogen and oxygen atoms in total. The van der Waals surface area contributed by atoms with Gasteiger partial charge in [0, 0.05) is 0 Å². The summed E-state index contributed by atoms with van der Waals surface area (Å²) in [5.74, 6) is 0.851. The Morgan fingerprint density at radius 1 is 1.13 bits per heavy atom. The molecule has 0 aliphatic carbocycles. The molecule has 0 aromatic rings. The van der Waals surface area contributed by atoms with E-state index >= 15 is 0 Å². The Bertz CT molecular complexity index is 149. The third-order valence-corrected chi connectivity index (χ3v) is 3.34. The molecule has 0 aromatic heterocycles. The van der Waals surface area contributed by atoms with Crippen LogP contribution in [0, 0.1) is 11.3 Å². The Hall–Kier alpha value is -0.0700. The molecule has 0 aliphatic rings. The van der Waals surface area contributed by atoms with Crippen LogP contribution in [0.15, 0.2) is 0 Å². The average molecular weight is 216 g/mol. The SMILES string of the molecule is CCCC(CC)CCC(C)(C)CC(C)F. The summed E-state index contributed by atoms with van der Waals surface area (Å²) in [6, 6.07) is 0. The van der Waals surface area contributed by atoms with E-state index in [-0.39, 0.29) is 5.41 Å². The fourth-order valence-corrected chi connectivity index (χ4v) is 2.42. The first-order valence-electron chi connectivity index (χ1n) is 6.55. The zero-order valence-corrected chi connectivity index (χ0v) is 11.3. The zero-order chi connectivity index (χ0) is 11.9. The van der Waals surface area contributed by atoms with Gasteiger partial charge < -0.3 is 0 Å². The molecule has 0 radical (unpaired) electrons. The summed E-state index contributed by atoms with van der Waals surface area (Å²) in [7, 11) is 0. The molecule has 0 saturated heterocycles. The summed E-state index contributed by atoms with van der Waals surface area (Å²) in [5.41, 5.74) is 0.176. The van der Waals surface area contributed by atoms with Gasteiger partial charge in [-0.25, -0.2) is 4.39 Å². The van der Waals surface area contributed by atoms with Crippen LogP contribution in [0.5, 0.6) is 0 Å². The van der Waals surface area contributed by atoms with Crippen molar-refractivity contribution in [3.63, 3.8) is 0 Å². The molecule has 0 aromatic carbocycles. The van der Waals surface area contributed by atoms with Gasteiger partial charge in [-0.2, -0.15) is 0 Å². The van der Waals surface area contributed by atoms with E-state index in [2.05, 4.69) is 27.7 Å². The van der Waals surface area contributed by atoms with Crippen LogP contribution in [0.2, 0.25) is 0 Å². The number of rotatable bonds is 8. The molecule has 0 rings (SSSR count). The molecular formula is C14H29F. The molecule has 0 amide bonds. The number of alkyl halides is 1. The summed E-state index contributed by atoms with van der Waals surface area (Å²) < 4.78 is 13.0. The fourth-order valence-electron chi connectivity index (χ4n) is 2.42. The van der Waals surface area contributed by atoms with Gasteiger partial charge in [0.05, 0.1) is 6.17 Å². The van der Waals surface area contributed by atoms with Crippen molar-refractivity contribution in [2.75, 3.05) is 0 Å². The molecule has 2 atom stereocenters. The summed E-state index contributed by atoms with van der Waals surface area (Å²) in [6.07, 6.45) is 6.36. The lowest BCUT2D eigenvalue weighted by atomic mass is 9.79. The lowest BCUT2D eigenvalue weighted by molar-refractivity contribution is 0.194. The standard InChI is InChI=1S/C14H29F/c1-6-8-13(7-2)9-10-14(4,5)11-12(3)15/h12-13H,6-11H2,1-5H3. The molecule has 0 N–H and O–H groups in total. The van der Waals surface area contributed by atoms with Gasteiger partial charge in [-0.1, -0.05) is 47.0 Å². The Morgan fingerprint density at radius 2 is 1.73 bits per heavy atom. The molecule has 0 fully saturated rings. The zero-order valence-electron chi connectivity index (χ0n) is 11.3. The highest BCUT2D eigenvalue weighted by Gasteiger charge is 2.22. The Kier molecular flexibility index (Phi) is 7.21. The molecule has 1 heteroatoms. The maximum Gasteiger partial charge on any atom is 0.0978 e. The molecule has 0 saturated carbocycles. The van der Waals surface area contributed by atoms with E-state index in [1.165, 1.54) is 32.1 Å². The van der Waals surface area contributed by atoms with Crippen molar-refractivity contribution in [2.45, 2.75) is 79.3 Å². The maximum absolute atomic E-state index is 13.0. The van der Waals surface area contributed by atoms with Crippen molar-refractivity contribution in [1.29, 1.82) is 0 Å². The summed E-state index contributed by atoms with van der Waals surface area (Å²) in [5, 5.41) is 0. The van der Waals surface area contributed by atoms with Crippen molar-refractivity contribution in [3.8, 4) is 0 Å². The predicted molar refractivity (Wildman–Crippen MR) is 66.9 cm³/mol. The van der Waals surface area contributed by atoms with Crippen molar-refractivity contribution in [1.82, 2.24) is 0 Å². The summed E-state index contributed by atoms with van der Waals surface area (Å²) in [4.78, 5) is 0. The average Bonchev–Trinajstić information content (AvgIpc) is 2.10. The van der Waals surface area contributed by atoms with E-state index in [0.29, 0.717) is 6.42 Å². The van der Waals surface area contributed by atoms with Gasteiger partial charge >= 0.3 is 0 Å². The third kappa shape index (κ3) is 7.81. The quantitative estimate of drug-likeness (QED) is 0.512. The summed E-state index contributed by atoms with van der Waals surface area (Å²) >= 11 is 0. The molecule has 0 heterocycles. The molecule has 15 heavy (non-hydrogen) atoms. The van der Waals surface area contributed by atoms with Crippen LogP contribution in [0.1, 0.15) is 73.1 Å². The van der Waals surface area contributed by atoms with Gasteiger partial charge in [0.25, 0.3) is 0 Å². The first-order valence-corrected chi connectivity index (χ1v) is 6.55. The molecule has 0 spiro atoms. The second-order valence-electron chi connectivity index (χ2n) is 5.75. The van der Waals surface area contributed by atoms with Crippen LogP contribution >= 0.6 is 0 Å². The van der Waals surface area contributed by atoms with Crippen molar-refractivity contribution >= 4 is 0 Å². The lowest BCUT2D eigenvalue weighted by Gasteiger charge is -2.27. The van der Waals surface area contributed by atoms with Gasteiger partial charge in [-0.15, -0.1) is 0 Å². The van der Waals surface area contributed by atoms with E-state index in [4.69, 9.17) is 0 Å². The second-order valence-corrected chi connectivity index (χ2v) is 5.75. The second kappa shape index (κ2) is 7.24. The molecule has 92 valence electrons. The monoisotopic (exact) mass is 216 g/mol. The summed E-state index contributed by atoms with van der Waals surface area (Å²) in [6.45, 7) is 10.6. The van der Waals surface area contributed by atoms with Crippen LogP contribution in [-0.4, -0.2) is 6.17 Å². The van der Waals surface area contributed by atoms with Crippen LogP contribution in [0.3, 0.4) is 0 Å². The van der Waals surface area contributed by atoms with Gasteiger partial charge in [0.2, 0.25) is 0 Å². The molecule has 0 aliphatic heterocycles. The minimum absolute atomic E-state index is 0.176. The van der Waals surface area contributed by atoms with Crippen LogP contribution in [-0.2, 0) is 0 Å². The largest absolute Gasteiger partial charge is 0.248 e. The highest BCUT2D eigenvalue weighted by molar-refractivity contribution is 4.73. The van der Waals surface area contributed by atoms with E-state index in [1.807, 2.05) is 0 Å². The van der Waals surface area contributed by atoms with Gasteiger partial charge in [-0.05, 0) is 37.5 Å². The molecular weight excluding hydrogens is 187 g/mol. The molecule has 0 bridgehead atoms. The van der Waals surface area contributed by atoms with E-state index in [0.717, 1.165) is 5.92 Å². The predicted octanol–water partition coefficient (Wildman–Crippen LogP) is 5.37. The Balaban J connectivity index is 3.89. The van der Waals surface area contributed by atoms with Crippen molar-refractivity contribution < 1.29 is 4.39 Å². The van der Waals surface area contributed by atoms with Gasteiger partial charge in [0.1, 0.15) is 0 Å². The van der Waals surface area contributed by atoms with Gasteiger partial charge in [0.15, 0.2) is 0 Å². The highest BCUT2D eigenvalue weighted by atomic mass is 19.1. The van der Waals surface area contributed by atoms with Gasteiger partial charge in [-0.3, -0.25) is 0 Å². The topological polar surface area (TPSA) is 0 Å². The normalized spacial score (nSPS) is 16.4. The smallest absolute Gasteiger partial charge is 0.0978 e. The van der Waals surface area contributed by atoms with Crippen LogP contribution < -0.4 is 0 Å². The number of hydrogen-bond donors (Lipinski definition) is 0. The van der Waals surface area contributed by atoms with E-state index < -0.39 is 6.17 Å². The molecule has 2 unspecified atom stereocenters. The van der Waals surface area contributed by atoms with Crippen LogP contribution in [0.4, 0.5) is 4.39 Å². The number of halogens is 1. The lowest BCUT2D eigenvalue weighted by Crippen LogP contribution is -2.17. The Morgan fingerprint density at radius 3 is 2.13 bits per heavy atom.